The monoisotopic (exact) mass is 403 g/mol. The molecule has 19 heavy (non-hydrogen) atoms. The van der Waals surface area contributed by atoms with Crippen molar-refractivity contribution in [2.24, 2.45) is 5.73 Å². The predicted molar refractivity (Wildman–Crippen MR) is 83.0 cm³/mol. The molecular weight excluding hydrogens is 394 g/mol. The average Bonchev–Trinajstić information content (AvgIpc) is 2.77. The molecule has 0 bridgehead atoms. The van der Waals surface area contributed by atoms with Crippen molar-refractivity contribution in [2.75, 3.05) is 6.61 Å². The number of para-hydroxylation sites is 2. The van der Waals surface area contributed by atoms with Crippen LogP contribution in [0.4, 0.5) is 0 Å². The quantitative estimate of drug-likeness (QED) is 0.818. The van der Waals surface area contributed by atoms with Crippen molar-refractivity contribution >= 4 is 43.2 Å². The van der Waals surface area contributed by atoms with Crippen LogP contribution in [0.3, 0.4) is 0 Å². The Morgan fingerprint density at radius 1 is 1.26 bits per heavy atom. The van der Waals surface area contributed by atoms with Crippen molar-refractivity contribution < 1.29 is 9.47 Å². The highest BCUT2D eigenvalue weighted by Gasteiger charge is 2.28. The molecule has 1 aliphatic heterocycles. The Morgan fingerprint density at radius 2 is 2.00 bits per heavy atom. The molecule has 1 aliphatic rings. The molecule has 0 fully saturated rings. The summed E-state index contributed by atoms with van der Waals surface area (Å²) in [5.74, 6) is 1.53. The van der Waals surface area contributed by atoms with Crippen molar-refractivity contribution in [1.29, 1.82) is 0 Å². The number of ether oxygens (including phenoxy) is 2. The molecule has 2 aromatic rings. The van der Waals surface area contributed by atoms with Gasteiger partial charge in [0, 0.05) is 9.35 Å². The Morgan fingerprint density at radius 3 is 2.68 bits per heavy atom. The number of thiophene rings is 1. The maximum Gasteiger partial charge on any atom is 0.161 e. The van der Waals surface area contributed by atoms with Crippen LogP contribution in [-0.4, -0.2) is 12.7 Å². The van der Waals surface area contributed by atoms with Gasteiger partial charge >= 0.3 is 0 Å². The van der Waals surface area contributed by atoms with E-state index in [1.165, 1.54) is 0 Å². The highest BCUT2D eigenvalue weighted by Crippen LogP contribution is 2.38. The first-order valence-electron chi connectivity index (χ1n) is 5.74. The van der Waals surface area contributed by atoms with Crippen LogP contribution in [0.2, 0.25) is 0 Å². The first-order valence-corrected chi connectivity index (χ1v) is 8.14. The van der Waals surface area contributed by atoms with Gasteiger partial charge in [-0.3, -0.25) is 0 Å². The first kappa shape index (κ1) is 13.4. The van der Waals surface area contributed by atoms with Crippen molar-refractivity contribution in [3.63, 3.8) is 0 Å². The van der Waals surface area contributed by atoms with Crippen molar-refractivity contribution in [2.45, 2.75) is 12.1 Å². The minimum atomic E-state index is -0.207. The van der Waals surface area contributed by atoms with Crippen molar-refractivity contribution in [3.8, 4) is 11.5 Å². The minimum Gasteiger partial charge on any atom is -0.486 e. The third-order valence-corrected chi connectivity index (χ3v) is 6.28. The molecule has 100 valence electrons. The summed E-state index contributed by atoms with van der Waals surface area (Å²) in [6.07, 6.45) is -0.174. The molecule has 2 N–H and O–H groups in total. The van der Waals surface area contributed by atoms with Crippen LogP contribution in [0.15, 0.2) is 38.6 Å². The zero-order chi connectivity index (χ0) is 13.4. The average molecular weight is 405 g/mol. The van der Waals surface area contributed by atoms with E-state index in [1.54, 1.807) is 11.3 Å². The van der Waals surface area contributed by atoms with Crippen LogP contribution in [0.1, 0.15) is 10.9 Å². The summed E-state index contributed by atoms with van der Waals surface area (Å²) < 4.78 is 13.7. The van der Waals surface area contributed by atoms with Crippen LogP contribution in [0.25, 0.3) is 0 Å². The summed E-state index contributed by atoms with van der Waals surface area (Å²) in [7, 11) is 0. The molecule has 0 aliphatic carbocycles. The van der Waals surface area contributed by atoms with Crippen molar-refractivity contribution in [1.82, 2.24) is 0 Å². The first-order chi connectivity index (χ1) is 9.15. The highest BCUT2D eigenvalue weighted by molar-refractivity contribution is 9.13. The Bertz CT molecular complexity index is 583. The number of rotatable bonds is 2. The van der Waals surface area contributed by atoms with Gasteiger partial charge in [-0.05, 0) is 50.1 Å². The Kier molecular flexibility index (Phi) is 3.84. The summed E-state index contributed by atoms with van der Waals surface area (Å²) in [5, 5.41) is 0. The topological polar surface area (TPSA) is 44.5 Å². The lowest BCUT2D eigenvalue weighted by atomic mass is 10.1. The van der Waals surface area contributed by atoms with Gasteiger partial charge in [-0.2, -0.15) is 0 Å². The van der Waals surface area contributed by atoms with E-state index in [9.17, 15) is 0 Å². The molecule has 3 nitrogen and oxygen atoms in total. The molecule has 0 spiro atoms. The fourth-order valence-electron chi connectivity index (χ4n) is 1.92. The van der Waals surface area contributed by atoms with Gasteiger partial charge in [-0.25, -0.2) is 0 Å². The van der Waals surface area contributed by atoms with E-state index in [0.29, 0.717) is 6.61 Å². The smallest absolute Gasteiger partial charge is 0.161 e. The zero-order valence-electron chi connectivity index (χ0n) is 9.81. The van der Waals surface area contributed by atoms with E-state index in [4.69, 9.17) is 15.2 Å². The number of benzene rings is 1. The summed E-state index contributed by atoms with van der Waals surface area (Å²) in [4.78, 5) is 1.06. The van der Waals surface area contributed by atoms with Gasteiger partial charge in [0.2, 0.25) is 0 Å². The predicted octanol–water partition coefficient (Wildman–Crippen LogP) is 4.11. The van der Waals surface area contributed by atoms with E-state index in [2.05, 4.69) is 31.9 Å². The van der Waals surface area contributed by atoms with Crippen LogP contribution in [-0.2, 0) is 0 Å². The van der Waals surface area contributed by atoms with E-state index < -0.39 is 0 Å². The number of halogens is 2. The molecule has 2 unspecified atom stereocenters. The molecule has 0 saturated heterocycles. The lowest BCUT2D eigenvalue weighted by Crippen LogP contribution is -2.38. The second kappa shape index (κ2) is 5.44. The normalized spacial score (nSPS) is 19.2. The van der Waals surface area contributed by atoms with Crippen LogP contribution in [0, 0.1) is 0 Å². The number of fused-ring (bicyclic) bond motifs is 1. The second-order valence-electron chi connectivity index (χ2n) is 4.21. The molecule has 6 heteroatoms. The Labute approximate surface area is 132 Å². The summed E-state index contributed by atoms with van der Waals surface area (Å²) in [6.45, 7) is 0.464. The maximum absolute atomic E-state index is 6.27. The second-order valence-corrected chi connectivity index (χ2v) is 7.47. The number of hydrogen-bond acceptors (Lipinski definition) is 4. The maximum atomic E-state index is 6.27. The molecule has 1 aromatic carbocycles. The Balaban J connectivity index is 1.81. The van der Waals surface area contributed by atoms with Gasteiger partial charge in [0.1, 0.15) is 6.61 Å². The lowest BCUT2D eigenvalue weighted by Gasteiger charge is -2.29. The van der Waals surface area contributed by atoms with Crippen LogP contribution >= 0.6 is 43.2 Å². The number of nitrogens with two attached hydrogens (primary N) is 1. The standard InChI is InChI=1S/C13H11Br2NO2S/c14-7-5-11(19-13(7)15)12(16)10-6-17-8-3-1-2-4-9(8)18-10/h1-5,10,12H,6,16H2. The molecule has 0 amide bonds. The van der Waals surface area contributed by atoms with Gasteiger partial charge in [0.25, 0.3) is 0 Å². The van der Waals surface area contributed by atoms with Crippen LogP contribution in [0.5, 0.6) is 11.5 Å². The highest BCUT2D eigenvalue weighted by atomic mass is 79.9. The van der Waals surface area contributed by atoms with Crippen molar-refractivity contribution in [3.05, 3.63) is 43.5 Å². The largest absolute Gasteiger partial charge is 0.486 e. The van der Waals surface area contributed by atoms with E-state index in [-0.39, 0.29) is 12.1 Å². The molecule has 3 rings (SSSR count). The zero-order valence-corrected chi connectivity index (χ0v) is 13.8. The van der Waals surface area contributed by atoms with E-state index >= 15 is 0 Å². The lowest BCUT2D eigenvalue weighted by molar-refractivity contribution is 0.0729. The summed E-state index contributed by atoms with van der Waals surface area (Å²) in [5.41, 5.74) is 6.27. The Hall–Kier alpha value is -0.560. The molecule has 0 saturated carbocycles. The molecule has 2 heterocycles. The van der Waals surface area contributed by atoms with Crippen LogP contribution < -0.4 is 15.2 Å². The molecule has 2 atom stereocenters. The van der Waals surface area contributed by atoms with Gasteiger partial charge in [-0.1, -0.05) is 12.1 Å². The third-order valence-electron chi connectivity index (χ3n) is 2.92. The molecule has 1 aromatic heterocycles. The van der Waals surface area contributed by atoms with Gasteiger partial charge in [0.05, 0.1) is 9.83 Å². The molecule has 0 radical (unpaired) electrons. The van der Waals surface area contributed by atoms with Gasteiger partial charge in [-0.15, -0.1) is 11.3 Å². The fraction of sp³-hybridized carbons (Fsp3) is 0.231. The van der Waals surface area contributed by atoms with E-state index in [0.717, 1.165) is 24.6 Å². The van der Waals surface area contributed by atoms with E-state index in [1.807, 2.05) is 30.3 Å². The minimum absolute atomic E-state index is 0.174. The van der Waals surface area contributed by atoms with Gasteiger partial charge < -0.3 is 15.2 Å². The van der Waals surface area contributed by atoms with Gasteiger partial charge in [0.15, 0.2) is 17.6 Å². The summed E-state index contributed by atoms with van der Waals surface area (Å²) >= 11 is 8.55. The fourth-order valence-corrected chi connectivity index (χ4v) is 4.07. The SMILES string of the molecule is NC(c1cc(Br)c(Br)s1)C1COc2ccccc2O1. The third kappa shape index (κ3) is 2.67. The summed E-state index contributed by atoms with van der Waals surface area (Å²) in [6, 6.07) is 9.46. The molecular formula is C13H11Br2NO2S. The number of hydrogen-bond donors (Lipinski definition) is 1.